The average molecular weight is 308 g/mol. The largest absolute Gasteiger partial charge is 0.356 e. The first kappa shape index (κ1) is 16.3. The molecule has 0 unspecified atom stereocenters. The highest BCUT2D eigenvalue weighted by atomic mass is 32.1. The smallest absolute Gasteiger partial charge is 0.191 e. The van der Waals surface area contributed by atoms with Gasteiger partial charge in [-0.05, 0) is 25.7 Å². The first-order valence-corrected chi connectivity index (χ1v) is 8.95. The summed E-state index contributed by atoms with van der Waals surface area (Å²) in [6.07, 6.45) is 11.7. The molecule has 5 heteroatoms. The SMILES string of the molecule is CN=C(NCCCC1CCCCC1)NCc1cnc(C)s1. The van der Waals surface area contributed by atoms with Crippen LogP contribution in [0.5, 0.6) is 0 Å². The summed E-state index contributed by atoms with van der Waals surface area (Å²) in [6, 6.07) is 0. The number of rotatable bonds is 6. The van der Waals surface area contributed by atoms with Gasteiger partial charge in [0.2, 0.25) is 0 Å². The van der Waals surface area contributed by atoms with Gasteiger partial charge in [-0.2, -0.15) is 0 Å². The predicted molar refractivity (Wildman–Crippen MR) is 90.9 cm³/mol. The minimum atomic E-state index is 0.799. The van der Waals surface area contributed by atoms with E-state index in [-0.39, 0.29) is 0 Å². The van der Waals surface area contributed by atoms with Crippen molar-refractivity contribution in [1.82, 2.24) is 15.6 Å². The van der Waals surface area contributed by atoms with Gasteiger partial charge in [-0.1, -0.05) is 32.1 Å². The molecule has 1 saturated carbocycles. The Morgan fingerprint density at radius 1 is 1.33 bits per heavy atom. The third-order valence-corrected chi connectivity index (χ3v) is 5.04. The van der Waals surface area contributed by atoms with Crippen molar-refractivity contribution in [2.24, 2.45) is 10.9 Å². The fourth-order valence-electron chi connectivity index (χ4n) is 2.95. The Labute approximate surface area is 132 Å². The summed E-state index contributed by atoms with van der Waals surface area (Å²) >= 11 is 1.73. The number of aromatic nitrogens is 1. The molecular formula is C16H28N4S. The number of hydrogen-bond donors (Lipinski definition) is 2. The van der Waals surface area contributed by atoms with Crippen molar-refractivity contribution < 1.29 is 0 Å². The van der Waals surface area contributed by atoms with E-state index in [1.165, 1.54) is 49.8 Å². The fourth-order valence-corrected chi connectivity index (χ4v) is 3.69. The van der Waals surface area contributed by atoms with Crippen LogP contribution in [-0.2, 0) is 6.54 Å². The molecule has 0 bridgehead atoms. The number of thiazole rings is 1. The molecule has 0 spiro atoms. The van der Waals surface area contributed by atoms with Gasteiger partial charge in [-0.25, -0.2) is 4.98 Å². The standard InChI is InChI=1S/C16H28N4S/c1-13-19-11-15(21-13)12-20-16(17-2)18-10-6-9-14-7-4-3-5-8-14/h11,14H,3-10,12H2,1-2H3,(H2,17,18,20). The zero-order valence-corrected chi connectivity index (χ0v) is 14.1. The molecule has 0 amide bonds. The van der Waals surface area contributed by atoms with Crippen molar-refractivity contribution >= 4 is 17.3 Å². The Balaban J connectivity index is 1.59. The van der Waals surface area contributed by atoms with Gasteiger partial charge in [-0.15, -0.1) is 11.3 Å². The molecule has 118 valence electrons. The zero-order chi connectivity index (χ0) is 14.9. The van der Waals surface area contributed by atoms with Gasteiger partial charge in [0.1, 0.15) is 0 Å². The van der Waals surface area contributed by atoms with Crippen LogP contribution in [0.1, 0.15) is 54.8 Å². The van der Waals surface area contributed by atoms with Crippen LogP contribution < -0.4 is 10.6 Å². The van der Waals surface area contributed by atoms with E-state index in [9.17, 15) is 0 Å². The highest BCUT2D eigenvalue weighted by Crippen LogP contribution is 2.26. The van der Waals surface area contributed by atoms with Crippen molar-refractivity contribution in [3.63, 3.8) is 0 Å². The van der Waals surface area contributed by atoms with Gasteiger partial charge in [-0.3, -0.25) is 4.99 Å². The summed E-state index contributed by atoms with van der Waals surface area (Å²) < 4.78 is 0. The topological polar surface area (TPSA) is 49.3 Å². The second-order valence-electron chi connectivity index (χ2n) is 5.84. The molecule has 4 nitrogen and oxygen atoms in total. The van der Waals surface area contributed by atoms with Crippen molar-refractivity contribution in [1.29, 1.82) is 0 Å². The predicted octanol–water partition coefficient (Wildman–Crippen LogP) is 3.48. The van der Waals surface area contributed by atoms with E-state index in [1.807, 2.05) is 20.2 Å². The van der Waals surface area contributed by atoms with Crippen LogP contribution >= 0.6 is 11.3 Å². The van der Waals surface area contributed by atoms with Gasteiger partial charge in [0.05, 0.1) is 11.6 Å². The van der Waals surface area contributed by atoms with Gasteiger partial charge in [0.15, 0.2) is 5.96 Å². The summed E-state index contributed by atoms with van der Waals surface area (Å²) in [5.41, 5.74) is 0. The molecule has 0 radical (unpaired) electrons. The molecule has 0 aromatic carbocycles. The van der Waals surface area contributed by atoms with Crippen LogP contribution in [0, 0.1) is 12.8 Å². The van der Waals surface area contributed by atoms with E-state index in [0.717, 1.165) is 30.0 Å². The van der Waals surface area contributed by atoms with Crippen LogP contribution in [0.15, 0.2) is 11.2 Å². The number of nitrogens with zero attached hydrogens (tertiary/aromatic N) is 2. The molecular weight excluding hydrogens is 280 g/mol. The maximum Gasteiger partial charge on any atom is 0.191 e. The monoisotopic (exact) mass is 308 g/mol. The number of hydrogen-bond acceptors (Lipinski definition) is 3. The summed E-state index contributed by atoms with van der Waals surface area (Å²) in [5, 5.41) is 7.87. The molecule has 1 aromatic rings. The van der Waals surface area contributed by atoms with Crippen LogP contribution in [0.3, 0.4) is 0 Å². The van der Waals surface area contributed by atoms with Crippen molar-refractivity contribution in [3.8, 4) is 0 Å². The lowest BCUT2D eigenvalue weighted by molar-refractivity contribution is 0.332. The Morgan fingerprint density at radius 2 is 2.14 bits per heavy atom. The first-order valence-electron chi connectivity index (χ1n) is 8.13. The van der Waals surface area contributed by atoms with Crippen LogP contribution in [0.2, 0.25) is 0 Å². The number of aryl methyl sites for hydroxylation is 1. The molecule has 1 heterocycles. The first-order chi connectivity index (χ1) is 10.3. The highest BCUT2D eigenvalue weighted by molar-refractivity contribution is 7.11. The quantitative estimate of drug-likeness (QED) is 0.480. The molecule has 1 aromatic heterocycles. The van der Waals surface area contributed by atoms with Gasteiger partial charge >= 0.3 is 0 Å². The number of nitrogens with one attached hydrogen (secondary N) is 2. The second-order valence-corrected chi connectivity index (χ2v) is 7.16. The average Bonchev–Trinajstić information content (AvgIpc) is 2.93. The fraction of sp³-hybridized carbons (Fsp3) is 0.750. The summed E-state index contributed by atoms with van der Waals surface area (Å²) in [6.45, 7) is 3.85. The van der Waals surface area contributed by atoms with Crippen molar-refractivity contribution in [2.45, 2.75) is 58.4 Å². The minimum absolute atomic E-state index is 0.799. The van der Waals surface area contributed by atoms with Crippen LogP contribution in [-0.4, -0.2) is 24.5 Å². The molecule has 0 aliphatic heterocycles. The van der Waals surface area contributed by atoms with E-state index in [1.54, 1.807) is 11.3 Å². The van der Waals surface area contributed by atoms with E-state index in [4.69, 9.17) is 0 Å². The molecule has 0 atom stereocenters. The third kappa shape index (κ3) is 6.04. The summed E-state index contributed by atoms with van der Waals surface area (Å²) in [7, 11) is 1.83. The van der Waals surface area contributed by atoms with Gasteiger partial charge in [0.25, 0.3) is 0 Å². The maximum absolute atomic E-state index is 4.27. The minimum Gasteiger partial charge on any atom is -0.356 e. The van der Waals surface area contributed by atoms with Gasteiger partial charge < -0.3 is 10.6 Å². The van der Waals surface area contributed by atoms with Crippen LogP contribution in [0.4, 0.5) is 0 Å². The summed E-state index contributed by atoms with van der Waals surface area (Å²) in [4.78, 5) is 9.79. The van der Waals surface area contributed by atoms with E-state index in [0.29, 0.717) is 0 Å². The molecule has 1 aliphatic carbocycles. The van der Waals surface area contributed by atoms with Gasteiger partial charge in [0, 0.05) is 24.7 Å². The van der Waals surface area contributed by atoms with E-state index >= 15 is 0 Å². The molecule has 2 rings (SSSR count). The molecule has 1 fully saturated rings. The van der Waals surface area contributed by atoms with Crippen LogP contribution in [0.25, 0.3) is 0 Å². The molecule has 2 N–H and O–H groups in total. The normalized spacial score (nSPS) is 17.0. The third-order valence-electron chi connectivity index (χ3n) is 4.13. The van der Waals surface area contributed by atoms with Crippen molar-refractivity contribution in [3.05, 3.63) is 16.1 Å². The van der Waals surface area contributed by atoms with Crippen molar-refractivity contribution in [2.75, 3.05) is 13.6 Å². The molecule has 0 saturated heterocycles. The Morgan fingerprint density at radius 3 is 2.81 bits per heavy atom. The molecule has 21 heavy (non-hydrogen) atoms. The number of guanidine groups is 1. The lowest BCUT2D eigenvalue weighted by Gasteiger charge is -2.21. The maximum atomic E-state index is 4.27. The molecule has 1 aliphatic rings. The highest BCUT2D eigenvalue weighted by Gasteiger charge is 2.12. The lowest BCUT2D eigenvalue weighted by atomic mass is 9.86. The Kier molecular flexibility index (Phi) is 7.00. The second kappa shape index (κ2) is 9.03. The number of aliphatic imine (C=N–C) groups is 1. The Bertz CT molecular complexity index is 435. The van der Waals surface area contributed by atoms with E-state index in [2.05, 4.69) is 20.6 Å². The Hall–Kier alpha value is -1.10. The lowest BCUT2D eigenvalue weighted by Crippen LogP contribution is -2.37. The summed E-state index contributed by atoms with van der Waals surface area (Å²) in [5.74, 6) is 1.86. The zero-order valence-electron chi connectivity index (χ0n) is 13.3. The van der Waals surface area contributed by atoms with E-state index < -0.39 is 0 Å².